The van der Waals surface area contributed by atoms with E-state index in [1.807, 2.05) is 24.0 Å². The Labute approximate surface area is 151 Å². The summed E-state index contributed by atoms with van der Waals surface area (Å²) in [6.07, 6.45) is 9.16. The van der Waals surface area contributed by atoms with E-state index >= 15 is 0 Å². The molecule has 0 spiro atoms. The normalized spacial score (nSPS) is 16.8. The monoisotopic (exact) mass is 419 g/mol. The lowest BCUT2D eigenvalue weighted by molar-refractivity contribution is 0.104. The topological polar surface area (TPSA) is 54.2 Å². The van der Waals surface area contributed by atoms with Crippen molar-refractivity contribution in [3.8, 4) is 0 Å². The van der Waals surface area contributed by atoms with Gasteiger partial charge in [0.05, 0.1) is 6.54 Å². The fourth-order valence-electron chi connectivity index (χ4n) is 3.21. The molecule has 1 aliphatic carbocycles. The summed E-state index contributed by atoms with van der Waals surface area (Å²) in [6.45, 7) is 7.35. The van der Waals surface area contributed by atoms with Gasteiger partial charge in [0.1, 0.15) is 0 Å². The van der Waals surface area contributed by atoms with Crippen molar-refractivity contribution < 1.29 is 0 Å². The third kappa shape index (κ3) is 5.78. The van der Waals surface area contributed by atoms with Gasteiger partial charge in [-0.3, -0.25) is 9.67 Å². The van der Waals surface area contributed by atoms with E-state index in [0.29, 0.717) is 5.41 Å². The smallest absolute Gasteiger partial charge is 0.191 e. The van der Waals surface area contributed by atoms with Crippen LogP contribution in [0.1, 0.15) is 39.5 Å². The van der Waals surface area contributed by atoms with Gasteiger partial charge in [-0.15, -0.1) is 24.0 Å². The second-order valence-electron chi connectivity index (χ2n) is 6.57. The number of hydrogen-bond donors (Lipinski definition) is 2. The highest BCUT2D eigenvalue weighted by Gasteiger charge is 2.37. The number of aromatic nitrogens is 2. The van der Waals surface area contributed by atoms with Crippen LogP contribution in [0.25, 0.3) is 0 Å². The summed E-state index contributed by atoms with van der Waals surface area (Å²) >= 11 is 0. The van der Waals surface area contributed by atoms with E-state index < -0.39 is 0 Å². The molecule has 0 unspecified atom stereocenters. The van der Waals surface area contributed by atoms with Crippen LogP contribution in [0.4, 0.5) is 0 Å². The molecule has 0 amide bonds. The predicted octanol–water partition coefficient (Wildman–Crippen LogP) is 2.88. The Bertz CT molecular complexity index is 437. The second-order valence-corrected chi connectivity index (χ2v) is 6.57. The zero-order chi connectivity index (χ0) is 15.1. The number of aliphatic imine (C=N–C) groups is 1. The van der Waals surface area contributed by atoms with Crippen LogP contribution in [0.15, 0.2) is 23.5 Å². The maximum Gasteiger partial charge on any atom is 0.191 e. The van der Waals surface area contributed by atoms with Crippen molar-refractivity contribution in [2.45, 2.75) is 46.1 Å². The van der Waals surface area contributed by atoms with Crippen molar-refractivity contribution >= 4 is 29.9 Å². The largest absolute Gasteiger partial charge is 0.356 e. The van der Waals surface area contributed by atoms with Gasteiger partial charge in [0.15, 0.2) is 5.96 Å². The van der Waals surface area contributed by atoms with E-state index in [1.54, 1.807) is 6.20 Å². The number of nitrogens with one attached hydrogen (secondary N) is 2. The predicted molar refractivity (Wildman–Crippen MR) is 103 cm³/mol. The molecular formula is C16H30IN5. The molecule has 2 rings (SSSR count). The molecule has 1 fully saturated rings. The molecule has 2 N–H and O–H groups in total. The SMILES string of the molecule is CN=C(NCCn1cccn1)NCC1(CC(C)C)CCC1.I. The van der Waals surface area contributed by atoms with Crippen molar-refractivity contribution in [2.24, 2.45) is 16.3 Å². The highest BCUT2D eigenvalue weighted by Crippen LogP contribution is 2.45. The van der Waals surface area contributed by atoms with Gasteiger partial charge in [-0.25, -0.2) is 0 Å². The third-order valence-electron chi connectivity index (χ3n) is 4.30. The van der Waals surface area contributed by atoms with Crippen LogP contribution in [0.5, 0.6) is 0 Å². The molecule has 1 aliphatic rings. The zero-order valence-corrected chi connectivity index (χ0v) is 16.3. The first-order valence-electron chi connectivity index (χ1n) is 8.05. The van der Waals surface area contributed by atoms with Crippen molar-refractivity contribution in [1.82, 2.24) is 20.4 Å². The van der Waals surface area contributed by atoms with Gasteiger partial charge in [-0.2, -0.15) is 5.10 Å². The molecule has 0 radical (unpaired) electrons. The molecule has 126 valence electrons. The van der Waals surface area contributed by atoms with Gasteiger partial charge in [0, 0.05) is 32.5 Å². The van der Waals surface area contributed by atoms with Crippen LogP contribution < -0.4 is 10.6 Å². The fourth-order valence-corrected chi connectivity index (χ4v) is 3.21. The fraction of sp³-hybridized carbons (Fsp3) is 0.750. The number of halogens is 1. The Hall–Kier alpha value is -0.790. The Morgan fingerprint density at radius 3 is 2.64 bits per heavy atom. The summed E-state index contributed by atoms with van der Waals surface area (Å²) in [5, 5.41) is 11.1. The van der Waals surface area contributed by atoms with E-state index in [9.17, 15) is 0 Å². The standard InChI is InChI=1S/C16H29N5.HI/c1-14(2)12-16(6-4-7-16)13-19-15(17-3)18-9-11-21-10-5-8-20-21;/h5,8,10,14H,4,6-7,9,11-13H2,1-3H3,(H2,17,18,19);1H. The summed E-state index contributed by atoms with van der Waals surface area (Å²) < 4.78 is 1.92. The number of rotatable bonds is 7. The van der Waals surface area contributed by atoms with E-state index in [1.165, 1.54) is 25.7 Å². The average molecular weight is 419 g/mol. The summed E-state index contributed by atoms with van der Waals surface area (Å²) in [7, 11) is 1.83. The lowest BCUT2D eigenvalue weighted by Crippen LogP contribution is -2.47. The Morgan fingerprint density at radius 2 is 2.14 bits per heavy atom. The minimum Gasteiger partial charge on any atom is -0.356 e. The van der Waals surface area contributed by atoms with Crippen LogP contribution in [0.3, 0.4) is 0 Å². The molecule has 1 aromatic rings. The lowest BCUT2D eigenvalue weighted by atomic mass is 9.64. The van der Waals surface area contributed by atoms with Crippen molar-refractivity contribution in [3.63, 3.8) is 0 Å². The van der Waals surface area contributed by atoms with E-state index in [4.69, 9.17) is 0 Å². The molecule has 1 heterocycles. The van der Waals surface area contributed by atoms with Crippen molar-refractivity contribution in [3.05, 3.63) is 18.5 Å². The summed E-state index contributed by atoms with van der Waals surface area (Å²) in [5.41, 5.74) is 0.494. The van der Waals surface area contributed by atoms with E-state index in [2.05, 4.69) is 34.6 Å². The van der Waals surface area contributed by atoms with Gasteiger partial charge in [0.2, 0.25) is 0 Å². The first-order valence-corrected chi connectivity index (χ1v) is 8.05. The van der Waals surface area contributed by atoms with E-state index in [0.717, 1.165) is 31.5 Å². The minimum absolute atomic E-state index is 0. The minimum atomic E-state index is 0. The Kier molecular flexibility index (Phi) is 8.20. The highest BCUT2D eigenvalue weighted by atomic mass is 127. The van der Waals surface area contributed by atoms with Gasteiger partial charge in [-0.1, -0.05) is 20.3 Å². The number of guanidine groups is 1. The summed E-state index contributed by atoms with van der Waals surface area (Å²) in [5.74, 6) is 1.67. The van der Waals surface area contributed by atoms with Crippen molar-refractivity contribution in [1.29, 1.82) is 0 Å². The van der Waals surface area contributed by atoms with Gasteiger partial charge < -0.3 is 10.6 Å². The van der Waals surface area contributed by atoms with Gasteiger partial charge in [0.25, 0.3) is 0 Å². The first kappa shape index (κ1) is 19.3. The van der Waals surface area contributed by atoms with Gasteiger partial charge in [-0.05, 0) is 36.7 Å². The van der Waals surface area contributed by atoms with Crippen molar-refractivity contribution in [2.75, 3.05) is 20.1 Å². The van der Waals surface area contributed by atoms with Crippen LogP contribution >= 0.6 is 24.0 Å². The second kappa shape index (κ2) is 9.37. The maximum atomic E-state index is 4.31. The number of hydrogen-bond acceptors (Lipinski definition) is 2. The van der Waals surface area contributed by atoms with Crippen LogP contribution in [0, 0.1) is 11.3 Å². The average Bonchev–Trinajstić information content (AvgIpc) is 2.92. The number of nitrogens with zero attached hydrogens (tertiary/aromatic N) is 3. The molecule has 0 atom stereocenters. The Morgan fingerprint density at radius 1 is 1.36 bits per heavy atom. The van der Waals surface area contributed by atoms with Crippen LogP contribution in [-0.2, 0) is 6.54 Å². The maximum absolute atomic E-state index is 4.31. The summed E-state index contributed by atoms with van der Waals surface area (Å²) in [4.78, 5) is 4.31. The molecule has 0 aliphatic heterocycles. The molecule has 0 bridgehead atoms. The molecule has 0 aromatic carbocycles. The molecule has 5 nitrogen and oxygen atoms in total. The van der Waals surface area contributed by atoms with E-state index in [-0.39, 0.29) is 24.0 Å². The molecule has 6 heteroatoms. The highest BCUT2D eigenvalue weighted by molar-refractivity contribution is 14.0. The summed E-state index contributed by atoms with van der Waals surface area (Å²) in [6, 6.07) is 1.94. The van der Waals surface area contributed by atoms with Crippen LogP contribution in [0.2, 0.25) is 0 Å². The lowest BCUT2D eigenvalue weighted by Gasteiger charge is -2.43. The Balaban J connectivity index is 0.00000242. The molecule has 1 saturated carbocycles. The molecule has 1 aromatic heterocycles. The quantitative estimate of drug-likeness (QED) is 0.406. The van der Waals surface area contributed by atoms with Gasteiger partial charge >= 0.3 is 0 Å². The molecule has 0 saturated heterocycles. The zero-order valence-electron chi connectivity index (χ0n) is 14.0. The first-order chi connectivity index (χ1) is 10.1. The van der Waals surface area contributed by atoms with Crippen LogP contribution in [-0.4, -0.2) is 35.9 Å². The third-order valence-corrected chi connectivity index (χ3v) is 4.30. The molecule has 22 heavy (non-hydrogen) atoms. The molecular weight excluding hydrogens is 389 g/mol.